The van der Waals surface area contributed by atoms with Gasteiger partial charge in [0.25, 0.3) is 0 Å². The Hall–Kier alpha value is -4.50. The monoisotopic (exact) mass is 496 g/mol. The predicted molar refractivity (Wildman–Crippen MR) is 133 cm³/mol. The van der Waals surface area contributed by atoms with Crippen LogP contribution < -0.4 is 15.5 Å². The molecule has 2 saturated heterocycles. The van der Waals surface area contributed by atoms with E-state index in [1.807, 2.05) is 6.20 Å². The number of carbonyl (C=O) groups excluding carboxylic acids is 3. The second-order valence-electron chi connectivity index (χ2n) is 9.80. The average Bonchev–Trinajstić information content (AvgIpc) is 3.59. The minimum absolute atomic E-state index is 0.112. The van der Waals surface area contributed by atoms with Gasteiger partial charge in [-0.05, 0) is 60.5 Å². The molecule has 2 fully saturated rings. The highest BCUT2D eigenvalue weighted by atomic mass is 19.1. The van der Waals surface area contributed by atoms with Crippen molar-refractivity contribution in [1.29, 1.82) is 0 Å². The van der Waals surface area contributed by atoms with Gasteiger partial charge in [-0.3, -0.25) is 19.7 Å². The lowest BCUT2D eigenvalue weighted by Gasteiger charge is -2.29. The molecule has 4 atom stereocenters. The van der Waals surface area contributed by atoms with Crippen molar-refractivity contribution >= 4 is 40.0 Å². The summed E-state index contributed by atoms with van der Waals surface area (Å²) in [7, 11) is 0. The number of phenols is 1. The Morgan fingerprint density at radius 3 is 2.57 bits per heavy atom. The van der Waals surface area contributed by atoms with E-state index in [2.05, 4.69) is 15.6 Å². The summed E-state index contributed by atoms with van der Waals surface area (Å²) in [5, 5.41) is 17.1. The Balaban J connectivity index is 1.37. The molecule has 184 valence electrons. The van der Waals surface area contributed by atoms with Gasteiger partial charge in [-0.1, -0.05) is 18.2 Å². The van der Waals surface area contributed by atoms with Crippen LogP contribution in [0, 0.1) is 17.7 Å². The summed E-state index contributed by atoms with van der Waals surface area (Å²) in [4.78, 5) is 45.7. The zero-order valence-electron chi connectivity index (χ0n) is 19.4. The normalized spacial score (nSPS) is 26.2. The Kier molecular flexibility index (Phi) is 4.41. The SMILES string of the molecule is O=C1C2C(Cc3c[nH]c4ccc(O)cc34)NC3(C(=O)Nc4ccccc43)C2C(=O)N1c1ccc(F)cc1. The van der Waals surface area contributed by atoms with Gasteiger partial charge in [0.15, 0.2) is 0 Å². The van der Waals surface area contributed by atoms with Crippen molar-refractivity contribution in [2.24, 2.45) is 11.8 Å². The van der Waals surface area contributed by atoms with Crippen molar-refractivity contribution in [3.8, 4) is 5.75 Å². The van der Waals surface area contributed by atoms with Gasteiger partial charge in [0.2, 0.25) is 17.7 Å². The molecule has 4 unspecified atom stereocenters. The Morgan fingerprint density at radius 2 is 1.76 bits per heavy atom. The van der Waals surface area contributed by atoms with Crippen molar-refractivity contribution in [3.05, 3.63) is 89.9 Å². The first-order chi connectivity index (χ1) is 17.9. The molecule has 4 aromatic rings. The number of aromatic hydroxyl groups is 1. The number of anilines is 2. The molecule has 0 radical (unpaired) electrons. The number of phenolic OH excluding ortho intramolecular Hbond substituents is 1. The van der Waals surface area contributed by atoms with E-state index in [9.17, 15) is 23.9 Å². The van der Waals surface area contributed by atoms with Crippen LogP contribution in [0.15, 0.2) is 72.9 Å². The Morgan fingerprint density at radius 1 is 0.973 bits per heavy atom. The minimum atomic E-state index is -1.43. The molecule has 37 heavy (non-hydrogen) atoms. The summed E-state index contributed by atoms with van der Waals surface area (Å²) in [5.41, 5.74) is 1.72. The number of carbonyl (C=O) groups is 3. The molecule has 1 aromatic heterocycles. The van der Waals surface area contributed by atoms with Crippen LogP contribution in [0.5, 0.6) is 5.75 Å². The zero-order chi connectivity index (χ0) is 25.5. The van der Waals surface area contributed by atoms with Crippen LogP contribution in [0.2, 0.25) is 0 Å². The number of hydrogen-bond acceptors (Lipinski definition) is 5. The highest BCUT2D eigenvalue weighted by Gasteiger charge is 2.70. The molecule has 1 spiro atoms. The lowest BCUT2D eigenvalue weighted by molar-refractivity contribution is -0.130. The predicted octanol–water partition coefficient (Wildman–Crippen LogP) is 3.18. The van der Waals surface area contributed by atoms with Crippen molar-refractivity contribution in [2.45, 2.75) is 18.0 Å². The second kappa shape index (κ2) is 7.50. The lowest BCUT2D eigenvalue weighted by Crippen LogP contribution is -2.53. The molecule has 7 rings (SSSR count). The fraction of sp³-hybridized carbons (Fsp3) is 0.179. The van der Waals surface area contributed by atoms with Crippen molar-refractivity contribution in [1.82, 2.24) is 10.3 Å². The van der Waals surface area contributed by atoms with E-state index >= 15 is 0 Å². The van der Waals surface area contributed by atoms with E-state index in [-0.39, 0.29) is 17.3 Å². The number of para-hydroxylation sites is 1. The lowest BCUT2D eigenvalue weighted by atomic mass is 9.76. The highest BCUT2D eigenvalue weighted by Crippen LogP contribution is 2.54. The topological polar surface area (TPSA) is 115 Å². The van der Waals surface area contributed by atoms with Gasteiger partial charge < -0.3 is 15.4 Å². The van der Waals surface area contributed by atoms with Crippen LogP contribution in [0.1, 0.15) is 11.1 Å². The molecular weight excluding hydrogens is 475 g/mol. The van der Waals surface area contributed by atoms with E-state index in [1.54, 1.807) is 42.5 Å². The van der Waals surface area contributed by atoms with Crippen LogP contribution >= 0.6 is 0 Å². The van der Waals surface area contributed by atoms with Gasteiger partial charge in [-0.25, -0.2) is 9.29 Å². The molecule has 3 aliphatic rings. The summed E-state index contributed by atoms with van der Waals surface area (Å²) in [6, 6.07) is 16.8. The maximum atomic E-state index is 14.0. The van der Waals surface area contributed by atoms with Gasteiger partial charge >= 0.3 is 0 Å². The third-order valence-corrected chi connectivity index (χ3v) is 7.90. The molecule has 3 amide bonds. The fourth-order valence-corrected chi connectivity index (χ4v) is 6.35. The summed E-state index contributed by atoms with van der Waals surface area (Å²) in [5.74, 6) is -3.51. The largest absolute Gasteiger partial charge is 0.508 e. The van der Waals surface area contributed by atoms with Crippen LogP contribution in [0.4, 0.5) is 15.8 Å². The molecule has 0 saturated carbocycles. The third-order valence-electron chi connectivity index (χ3n) is 7.90. The van der Waals surface area contributed by atoms with E-state index < -0.39 is 41.0 Å². The molecule has 3 aliphatic heterocycles. The second-order valence-corrected chi connectivity index (χ2v) is 9.80. The first kappa shape index (κ1) is 21.8. The van der Waals surface area contributed by atoms with Gasteiger partial charge in [-0.15, -0.1) is 0 Å². The Bertz CT molecular complexity index is 1630. The number of halogens is 1. The van der Waals surface area contributed by atoms with Crippen molar-refractivity contribution in [2.75, 3.05) is 10.2 Å². The summed E-state index contributed by atoms with van der Waals surface area (Å²) in [6.07, 6.45) is 2.14. The third kappa shape index (κ3) is 2.88. The number of rotatable bonds is 3. The average molecular weight is 496 g/mol. The molecule has 0 bridgehead atoms. The van der Waals surface area contributed by atoms with Crippen LogP contribution in [0.25, 0.3) is 10.9 Å². The molecule has 0 aliphatic carbocycles. The van der Waals surface area contributed by atoms with Crippen LogP contribution in [0.3, 0.4) is 0 Å². The molecule has 9 heteroatoms. The number of amides is 3. The first-order valence-corrected chi connectivity index (χ1v) is 12.0. The van der Waals surface area contributed by atoms with Crippen molar-refractivity contribution < 1.29 is 23.9 Å². The summed E-state index contributed by atoms with van der Waals surface area (Å²) < 4.78 is 13.6. The van der Waals surface area contributed by atoms with Gasteiger partial charge in [0, 0.05) is 34.4 Å². The quantitative estimate of drug-likeness (QED) is 0.326. The minimum Gasteiger partial charge on any atom is -0.508 e. The number of aromatic amines is 1. The van der Waals surface area contributed by atoms with E-state index in [0.717, 1.165) is 21.4 Å². The smallest absolute Gasteiger partial charge is 0.250 e. The van der Waals surface area contributed by atoms with Gasteiger partial charge in [-0.2, -0.15) is 0 Å². The molecule has 3 aromatic carbocycles. The first-order valence-electron chi connectivity index (χ1n) is 12.0. The number of benzene rings is 3. The fourth-order valence-electron chi connectivity index (χ4n) is 6.35. The van der Waals surface area contributed by atoms with E-state index in [1.165, 1.54) is 24.3 Å². The van der Waals surface area contributed by atoms with Crippen molar-refractivity contribution in [3.63, 3.8) is 0 Å². The maximum Gasteiger partial charge on any atom is 0.250 e. The summed E-state index contributed by atoms with van der Waals surface area (Å²) in [6.45, 7) is 0. The van der Waals surface area contributed by atoms with E-state index in [0.29, 0.717) is 17.7 Å². The number of nitrogens with one attached hydrogen (secondary N) is 3. The number of H-pyrrole nitrogens is 1. The van der Waals surface area contributed by atoms with Gasteiger partial charge in [0.1, 0.15) is 17.1 Å². The number of imide groups is 1. The standard InChI is InChI=1S/C28H21FN4O4/c29-15-5-7-16(8-6-15)33-25(35)23-22(11-14-13-30-20-10-9-17(34)12-18(14)20)32-28(24(23)26(33)36)19-3-1-2-4-21(19)31-27(28)37/h1-10,12-13,22-24,30,32,34H,11H2,(H,31,37). The van der Waals surface area contributed by atoms with Crippen LogP contribution in [-0.4, -0.2) is 33.9 Å². The highest BCUT2D eigenvalue weighted by molar-refractivity contribution is 6.25. The Labute approximate surface area is 210 Å². The molecular formula is C28H21FN4O4. The number of nitrogens with zero attached hydrogens (tertiary/aromatic N) is 1. The summed E-state index contributed by atoms with van der Waals surface area (Å²) >= 11 is 0. The van der Waals surface area contributed by atoms with Crippen LogP contribution in [-0.2, 0) is 26.3 Å². The molecule has 4 N–H and O–H groups in total. The zero-order valence-corrected chi connectivity index (χ0v) is 19.4. The van der Waals surface area contributed by atoms with E-state index in [4.69, 9.17) is 0 Å². The number of fused-ring (bicyclic) bond motifs is 5. The number of aromatic nitrogens is 1. The maximum absolute atomic E-state index is 14.0. The molecule has 8 nitrogen and oxygen atoms in total. The molecule has 4 heterocycles. The van der Waals surface area contributed by atoms with Gasteiger partial charge in [0.05, 0.1) is 17.5 Å². The number of hydrogen-bond donors (Lipinski definition) is 4.